The molecule has 0 radical (unpaired) electrons. The van der Waals surface area contributed by atoms with Gasteiger partial charge < -0.3 is 0 Å². The van der Waals surface area contributed by atoms with Gasteiger partial charge in [0.2, 0.25) is 0 Å². The van der Waals surface area contributed by atoms with Gasteiger partial charge in [-0.3, -0.25) is 0 Å². The van der Waals surface area contributed by atoms with Crippen LogP contribution in [0.2, 0.25) is 0 Å². The van der Waals surface area contributed by atoms with Crippen LogP contribution in [0.1, 0.15) is 11.1 Å². The Morgan fingerprint density at radius 2 is 0.632 bits per heavy atom. The first-order valence-electron chi connectivity index (χ1n) is 11.8. The largest absolute Gasteiger partial charge is 0.416 e. The van der Waals surface area contributed by atoms with Crippen molar-refractivity contribution in [3.63, 3.8) is 0 Å². The van der Waals surface area contributed by atoms with Crippen molar-refractivity contribution in [3.05, 3.63) is 132 Å². The Morgan fingerprint density at radius 1 is 0.316 bits per heavy atom. The maximum absolute atomic E-state index is 13.6. The lowest BCUT2D eigenvalue weighted by Gasteiger charge is -2.19. The molecule has 38 heavy (non-hydrogen) atoms. The number of alkyl halides is 6. The van der Waals surface area contributed by atoms with E-state index in [1.807, 2.05) is 0 Å². The van der Waals surface area contributed by atoms with Gasteiger partial charge in [-0.2, -0.15) is 26.3 Å². The van der Waals surface area contributed by atoms with Crippen LogP contribution in [-0.2, 0) is 12.4 Å². The lowest BCUT2D eigenvalue weighted by molar-refractivity contribution is -0.138. The standard InChI is InChI=1S/C32H20F6/c33-31(34,35)23-15-17-27(29(19-23)21-9-3-1-4-10-21)25-13-7-8-14-26(25)28-18-16-24(32(36,37)38)20-30(28)22-11-5-2-6-12-22/h1-20H. The van der Waals surface area contributed by atoms with Gasteiger partial charge in [0.05, 0.1) is 11.1 Å². The number of halogens is 6. The molecule has 0 aliphatic heterocycles. The highest BCUT2D eigenvalue weighted by Gasteiger charge is 2.33. The van der Waals surface area contributed by atoms with Crippen molar-refractivity contribution in [3.8, 4) is 44.5 Å². The van der Waals surface area contributed by atoms with Crippen LogP contribution in [-0.4, -0.2) is 0 Å². The van der Waals surface area contributed by atoms with Crippen LogP contribution in [0.3, 0.4) is 0 Å². The molecule has 0 heterocycles. The molecule has 0 atom stereocenters. The second-order valence-corrected chi connectivity index (χ2v) is 8.79. The Morgan fingerprint density at radius 3 is 0.974 bits per heavy atom. The van der Waals surface area contributed by atoms with Crippen molar-refractivity contribution in [2.45, 2.75) is 12.4 Å². The van der Waals surface area contributed by atoms with Crippen LogP contribution >= 0.6 is 0 Å². The summed E-state index contributed by atoms with van der Waals surface area (Å²) in [6.45, 7) is 0. The quantitative estimate of drug-likeness (QED) is 0.208. The fraction of sp³-hybridized carbons (Fsp3) is 0.0625. The van der Waals surface area contributed by atoms with E-state index in [0.717, 1.165) is 24.3 Å². The average Bonchev–Trinajstić information content (AvgIpc) is 2.92. The second kappa shape index (κ2) is 9.86. The van der Waals surface area contributed by atoms with E-state index in [9.17, 15) is 26.3 Å². The molecule has 0 unspecified atom stereocenters. The van der Waals surface area contributed by atoms with Crippen LogP contribution in [0, 0.1) is 0 Å². The monoisotopic (exact) mass is 518 g/mol. The molecular formula is C32H20F6. The predicted molar refractivity (Wildman–Crippen MR) is 138 cm³/mol. The maximum Gasteiger partial charge on any atom is 0.416 e. The highest BCUT2D eigenvalue weighted by Crippen LogP contribution is 2.44. The molecule has 0 aliphatic rings. The third-order valence-corrected chi connectivity index (χ3v) is 6.37. The van der Waals surface area contributed by atoms with E-state index in [4.69, 9.17) is 0 Å². The van der Waals surface area contributed by atoms with Crippen molar-refractivity contribution >= 4 is 0 Å². The molecule has 0 saturated heterocycles. The molecule has 0 spiro atoms. The Hall–Kier alpha value is -4.32. The summed E-state index contributed by atoms with van der Waals surface area (Å²) in [5.41, 5.74) is 2.68. The number of hydrogen-bond acceptors (Lipinski definition) is 0. The molecule has 5 rings (SSSR count). The zero-order valence-corrected chi connectivity index (χ0v) is 19.8. The summed E-state index contributed by atoms with van der Waals surface area (Å²) in [6.07, 6.45) is -9.06. The first kappa shape index (κ1) is 25.3. The lowest BCUT2D eigenvalue weighted by atomic mass is 9.85. The molecule has 0 aliphatic carbocycles. The fourth-order valence-corrected chi connectivity index (χ4v) is 4.58. The van der Waals surface area contributed by atoms with Gasteiger partial charge in [0.15, 0.2) is 0 Å². The maximum atomic E-state index is 13.6. The van der Waals surface area contributed by atoms with E-state index >= 15 is 0 Å². The Labute approximate surface area is 215 Å². The Kier molecular flexibility index (Phi) is 6.57. The van der Waals surface area contributed by atoms with Crippen LogP contribution in [0.25, 0.3) is 44.5 Å². The van der Waals surface area contributed by atoms with Gasteiger partial charge in [-0.25, -0.2) is 0 Å². The van der Waals surface area contributed by atoms with E-state index < -0.39 is 23.5 Å². The first-order valence-corrected chi connectivity index (χ1v) is 11.8. The summed E-state index contributed by atoms with van der Waals surface area (Å²) >= 11 is 0. The van der Waals surface area contributed by atoms with E-state index in [-0.39, 0.29) is 0 Å². The molecule has 0 N–H and O–H groups in total. The summed E-state index contributed by atoms with van der Waals surface area (Å²) in [6, 6.07) is 31.7. The minimum absolute atomic E-state index is 0.376. The Bertz CT molecular complexity index is 1450. The normalized spacial score (nSPS) is 11.9. The first-order chi connectivity index (χ1) is 18.1. The fourth-order valence-electron chi connectivity index (χ4n) is 4.58. The van der Waals surface area contributed by atoms with Gasteiger partial charge in [-0.05, 0) is 68.8 Å². The van der Waals surface area contributed by atoms with E-state index in [0.29, 0.717) is 44.5 Å². The van der Waals surface area contributed by atoms with E-state index in [1.54, 1.807) is 84.9 Å². The van der Waals surface area contributed by atoms with Crippen molar-refractivity contribution in [2.24, 2.45) is 0 Å². The van der Waals surface area contributed by atoms with Crippen LogP contribution < -0.4 is 0 Å². The third-order valence-electron chi connectivity index (χ3n) is 6.37. The van der Waals surface area contributed by atoms with Gasteiger partial charge in [0, 0.05) is 0 Å². The summed E-state index contributed by atoms with van der Waals surface area (Å²) in [7, 11) is 0. The third kappa shape index (κ3) is 5.07. The van der Waals surface area contributed by atoms with Crippen LogP contribution in [0.15, 0.2) is 121 Å². The van der Waals surface area contributed by atoms with Gasteiger partial charge >= 0.3 is 12.4 Å². The highest BCUT2D eigenvalue weighted by molar-refractivity contribution is 5.96. The van der Waals surface area contributed by atoms with Gasteiger partial charge in [0.1, 0.15) is 0 Å². The number of rotatable bonds is 4. The van der Waals surface area contributed by atoms with E-state index in [1.165, 1.54) is 12.1 Å². The molecule has 0 saturated carbocycles. The highest BCUT2D eigenvalue weighted by atomic mass is 19.4. The molecule has 6 heteroatoms. The molecular weight excluding hydrogens is 498 g/mol. The lowest BCUT2D eigenvalue weighted by Crippen LogP contribution is -2.06. The van der Waals surface area contributed by atoms with Crippen molar-refractivity contribution in [2.75, 3.05) is 0 Å². The number of benzene rings is 5. The zero-order valence-electron chi connectivity index (χ0n) is 19.8. The smallest absolute Gasteiger partial charge is 0.166 e. The van der Waals surface area contributed by atoms with Gasteiger partial charge in [0.25, 0.3) is 0 Å². The molecule has 0 fully saturated rings. The minimum Gasteiger partial charge on any atom is -0.166 e. The predicted octanol–water partition coefficient (Wildman–Crippen LogP) is 10.4. The molecule has 190 valence electrons. The summed E-state index contributed by atoms with van der Waals surface area (Å²) in [5.74, 6) is 0. The van der Waals surface area contributed by atoms with Gasteiger partial charge in [-0.1, -0.05) is 97.1 Å². The van der Waals surface area contributed by atoms with Crippen molar-refractivity contribution in [1.29, 1.82) is 0 Å². The zero-order chi connectivity index (χ0) is 26.9. The summed E-state index contributed by atoms with van der Waals surface area (Å²) in [4.78, 5) is 0. The topological polar surface area (TPSA) is 0 Å². The average molecular weight is 519 g/mol. The molecule has 0 aromatic heterocycles. The number of hydrogen-bond donors (Lipinski definition) is 0. The summed E-state index contributed by atoms with van der Waals surface area (Å²) in [5, 5.41) is 0. The summed E-state index contributed by atoms with van der Waals surface area (Å²) < 4.78 is 81.9. The minimum atomic E-state index is -4.53. The van der Waals surface area contributed by atoms with Gasteiger partial charge in [-0.15, -0.1) is 0 Å². The van der Waals surface area contributed by atoms with Crippen LogP contribution in [0.5, 0.6) is 0 Å². The molecule has 0 bridgehead atoms. The molecule has 5 aromatic rings. The van der Waals surface area contributed by atoms with Crippen molar-refractivity contribution < 1.29 is 26.3 Å². The molecule has 0 nitrogen and oxygen atoms in total. The van der Waals surface area contributed by atoms with Crippen LogP contribution in [0.4, 0.5) is 26.3 Å². The molecule has 0 amide bonds. The second-order valence-electron chi connectivity index (χ2n) is 8.79. The molecule has 5 aromatic carbocycles. The SMILES string of the molecule is FC(F)(F)c1ccc(-c2ccccc2-c2ccc(C(F)(F)F)cc2-c2ccccc2)c(-c2ccccc2)c1. The van der Waals surface area contributed by atoms with E-state index in [2.05, 4.69) is 0 Å². The Balaban J connectivity index is 1.78. The van der Waals surface area contributed by atoms with Crippen molar-refractivity contribution in [1.82, 2.24) is 0 Å².